The van der Waals surface area contributed by atoms with Crippen molar-refractivity contribution in [2.75, 3.05) is 59.5 Å². The van der Waals surface area contributed by atoms with Gasteiger partial charge in [-0.2, -0.15) is 0 Å². The molecule has 1 saturated heterocycles. The summed E-state index contributed by atoms with van der Waals surface area (Å²) in [4.78, 5) is 6.68. The molecule has 0 aromatic heterocycles. The summed E-state index contributed by atoms with van der Waals surface area (Å²) in [6.45, 7) is 3.58. The quantitative estimate of drug-likeness (QED) is 0.417. The number of nitrogens with zero attached hydrogens (tertiary/aromatic N) is 2. The van der Waals surface area contributed by atoms with Crippen LogP contribution in [0.25, 0.3) is 0 Å². The van der Waals surface area contributed by atoms with E-state index < -0.39 is 0 Å². The molecule has 7 nitrogen and oxygen atoms in total. The van der Waals surface area contributed by atoms with E-state index in [0.717, 1.165) is 68.6 Å². The number of guanidine groups is 1. The predicted octanol–water partition coefficient (Wildman–Crippen LogP) is 1.87. The van der Waals surface area contributed by atoms with Crippen LogP contribution in [0.4, 0.5) is 5.69 Å². The van der Waals surface area contributed by atoms with E-state index in [2.05, 4.69) is 32.7 Å². The Hall–Kier alpha value is -2.15. The molecule has 0 bridgehead atoms. The minimum atomic E-state index is 0.423. The van der Waals surface area contributed by atoms with Gasteiger partial charge in [-0.25, -0.2) is 0 Å². The van der Waals surface area contributed by atoms with Gasteiger partial charge in [-0.1, -0.05) is 0 Å². The Kier molecular flexibility index (Phi) is 8.34. The molecule has 2 rings (SSSR count). The number of aliphatic imine (C=N–C) groups is 1. The molecule has 0 amide bonds. The van der Waals surface area contributed by atoms with E-state index in [1.54, 1.807) is 21.3 Å². The largest absolute Gasteiger partial charge is 0.497 e. The second kappa shape index (κ2) is 10.8. The van der Waals surface area contributed by atoms with Crippen molar-refractivity contribution >= 4 is 11.6 Å². The summed E-state index contributed by atoms with van der Waals surface area (Å²) in [5.41, 5.74) is 1.14. The van der Waals surface area contributed by atoms with E-state index >= 15 is 0 Å². The second-order valence-electron chi connectivity index (χ2n) is 6.32. The second-order valence-corrected chi connectivity index (χ2v) is 6.32. The Morgan fingerprint density at radius 2 is 1.77 bits per heavy atom. The van der Waals surface area contributed by atoms with E-state index in [1.807, 2.05) is 13.1 Å². The molecule has 0 radical (unpaired) electrons. The molecule has 1 aliphatic heterocycles. The van der Waals surface area contributed by atoms with Crippen molar-refractivity contribution in [2.45, 2.75) is 25.3 Å². The van der Waals surface area contributed by atoms with Crippen LogP contribution < -0.4 is 25.0 Å². The number of methoxy groups -OCH3 is 3. The highest BCUT2D eigenvalue weighted by Crippen LogP contribution is 2.30. The number of anilines is 1. The van der Waals surface area contributed by atoms with Crippen molar-refractivity contribution in [3.8, 4) is 11.5 Å². The maximum Gasteiger partial charge on any atom is 0.191 e. The predicted molar refractivity (Wildman–Crippen MR) is 106 cm³/mol. The van der Waals surface area contributed by atoms with Crippen LogP contribution in [0.3, 0.4) is 0 Å². The first kappa shape index (κ1) is 20.2. The van der Waals surface area contributed by atoms with E-state index in [-0.39, 0.29) is 0 Å². The SMILES string of the molecule is CN=C(NCCCOC)NC1CCN(c2cc(OC)cc(OC)c2)CC1. The first-order chi connectivity index (χ1) is 12.7. The molecule has 0 saturated carbocycles. The average Bonchev–Trinajstić information content (AvgIpc) is 2.70. The van der Waals surface area contributed by atoms with Crippen molar-refractivity contribution in [3.05, 3.63) is 18.2 Å². The first-order valence-electron chi connectivity index (χ1n) is 9.14. The third-order valence-electron chi connectivity index (χ3n) is 4.58. The zero-order valence-electron chi connectivity index (χ0n) is 16.4. The van der Waals surface area contributed by atoms with Gasteiger partial charge in [0.25, 0.3) is 0 Å². The van der Waals surface area contributed by atoms with E-state index in [0.29, 0.717) is 6.04 Å². The fourth-order valence-corrected chi connectivity index (χ4v) is 3.07. The maximum atomic E-state index is 5.38. The molecular formula is C19H32N4O3. The van der Waals surface area contributed by atoms with Crippen molar-refractivity contribution < 1.29 is 14.2 Å². The van der Waals surface area contributed by atoms with Gasteiger partial charge < -0.3 is 29.7 Å². The van der Waals surface area contributed by atoms with Gasteiger partial charge in [-0.05, 0) is 19.3 Å². The molecule has 146 valence electrons. The van der Waals surface area contributed by atoms with Crippen LogP contribution in [-0.4, -0.2) is 66.6 Å². The number of rotatable bonds is 8. The van der Waals surface area contributed by atoms with E-state index in [1.165, 1.54) is 0 Å². The summed E-state index contributed by atoms with van der Waals surface area (Å²) in [7, 11) is 6.89. The highest BCUT2D eigenvalue weighted by molar-refractivity contribution is 5.80. The van der Waals surface area contributed by atoms with Gasteiger partial charge in [0.2, 0.25) is 0 Å². The van der Waals surface area contributed by atoms with Crippen LogP contribution in [-0.2, 0) is 4.74 Å². The van der Waals surface area contributed by atoms with Gasteiger partial charge in [0.05, 0.1) is 14.2 Å². The summed E-state index contributed by atoms with van der Waals surface area (Å²) in [6, 6.07) is 6.45. The third-order valence-corrected chi connectivity index (χ3v) is 4.58. The Balaban J connectivity index is 1.85. The molecule has 2 N–H and O–H groups in total. The normalized spacial score (nSPS) is 15.7. The van der Waals surface area contributed by atoms with Gasteiger partial charge in [0.1, 0.15) is 11.5 Å². The van der Waals surface area contributed by atoms with Gasteiger partial charge in [-0.15, -0.1) is 0 Å². The van der Waals surface area contributed by atoms with Crippen LogP contribution in [0.5, 0.6) is 11.5 Å². The third kappa shape index (κ3) is 5.98. The summed E-state index contributed by atoms with van der Waals surface area (Å²) in [5.74, 6) is 2.50. The Morgan fingerprint density at radius 1 is 1.12 bits per heavy atom. The molecule has 0 unspecified atom stereocenters. The highest BCUT2D eigenvalue weighted by Gasteiger charge is 2.21. The molecule has 1 aromatic carbocycles. The molecule has 0 spiro atoms. The van der Waals surface area contributed by atoms with Gasteiger partial charge in [-0.3, -0.25) is 4.99 Å². The van der Waals surface area contributed by atoms with Crippen molar-refractivity contribution in [3.63, 3.8) is 0 Å². The fourth-order valence-electron chi connectivity index (χ4n) is 3.07. The molecule has 1 aliphatic rings. The smallest absolute Gasteiger partial charge is 0.191 e. The molecule has 1 aromatic rings. The fraction of sp³-hybridized carbons (Fsp3) is 0.632. The van der Waals surface area contributed by atoms with Gasteiger partial charge in [0, 0.05) is 70.3 Å². The van der Waals surface area contributed by atoms with Crippen LogP contribution in [0.15, 0.2) is 23.2 Å². The number of piperidine rings is 1. The number of benzene rings is 1. The Morgan fingerprint density at radius 3 is 2.31 bits per heavy atom. The minimum Gasteiger partial charge on any atom is -0.497 e. The minimum absolute atomic E-state index is 0.423. The molecule has 0 atom stereocenters. The number of hydrogen-bond acceptors (Lipinski definition) is 5. The van der Waals surface area contributed by atoms with Crippen molar-refractivity contribution in [1.29, 1.82) is 0 Å². The van der Waals surface area contributed by atoms with Crippen LogP contribution in [0, 0.1) is 0 Å². The highest BCUT2D eigenvalue weighted by atomic mass is 16.5. The molecule has 0 aliphatic carbocycles. The van der Waals surface area contributed by atoms with E-state index in [9.17, 15) is 0 Å². The van der Waals surface area contributed by atoms with Gasteiger partial charge in [0.15, 0.2) is 5.96 Å². The standard InChI is InChI=1S/C19H32N4O3/c1-20-19(21-8-5-11-24-2)22-15-6-9-23(10-7-15)16-12-17(25-3)14-18(13-16)26-4/h12-15H,5-11H2,1-4H3,(H2,20,21,22). The summed E-state index contributed by atoms with van der Waals surface area (Å²) in [5, 5.41) is 6.86. The zero-order chi connectivity index (χ0) is 18.8. The first-order valence-corrected chi connectivity index (χ1v) is 9.14. The Bertz CT molecular complexity index is 550. The van der Waals surface area contributed by atoms with Crippen LogP contribution in [0.1, 0.15) is 19.3 Å². The number of nitrogens with one attached hydrogen (secondary N) is 2. The molecule has 1 fully saturated rings. The van der Waals surface area contributed by atoms with Crippen molar-refractivity contribution in [1.82, 2.24) is 10.6 Å². The van der Waals surface area contributed by atoms with Crippen LogP contribution >= 0.6 is 0 Å². The van der Waals surface area contributed by atoms with Crippen molar-refractivity contribution in [2.24, 2.45) is 4.99 Å². The molecule has 7 heteroatoms. The Labute approximate surface area is 156 Å². The maximum absolute atomic E-state index is 5.38. The lowest BCUT2D eigenvalue weighted by atomic mass is 10.0. The molecular weight excluding hydrogens is 332 g/mol. The average molecular weight is 364 g/mol. The number of hydrogen-bond donors (Lipinski definition) is 2. The van der Waals surface area contributed by atoms with Gasteiger partial charge >= 0.3 is 0 Å². The zero-order valence-corrected chi connectivity index (χ0v) is 16.4. The molecule has 26 heavy (non-hydrogen) atoms. The summed E-state index contributed by atoms with van der Waals surface area (Å²) in [6.07, 6.45) is 3.07. The number of ether oxygens (including phenoxy) is 3. The van der Waals surface area contributed by atoms with Crippen LogP contribution in [0.2, 0.25) is 0 Å². The lowest BCUT2D eigenvalue weighted by Crippen LogP contribution is -2.49. The topological polar surface area (TPSA) is 67.4 Å². The summed E-state index contributed by atoms with van der Waals surface area (Å²) < 4.78 is 15.8. The van der Waals surface area contributed by atoms with E-state index in [4.69, 9.17) is 14.2 Å². The lowest BCUT2D eigenvalue weighted by molar-refractivity contribution is 0.195. The molecule has 1 heterocycles. The lowest BCUT2D eigenvalue weighted by Gasteiger charge is -2.34. The summed E-state index contributed by atoms with van der Waals surface area (Å²) >= 11 is 0. The monoisotopic (exact) mass is 364 g/mol.